The fraction of sp³-hybridized carbons (Fsp3) is 0.833. The standard InChI is InChI=1S/C12H22N2O3/c1-2-9(13)6-10(15)14-8-12(4-3-5-12)7-11(16)17/h9H,2-8,13H2,1H3,(H,14,15)(H,16,17). The van der Waals surface area contributed by atoms with E-state index in [2.05, 4.69) is 5.32 Å². The van der Waals surface area contributed by atoms with Gasteiger partial charge in [0.05, 0.1) is 6.42 Å². The third-order valence-electron chi connectivity index (χ3n) is 3.57. The Morgan fingerprint density at radius 3 is 2.53 bits per heavy atom. The second-order valence-corrected chi connectivity index (χ2v) is 5.07. The molecule has 0 radical (unpaired) electrons. The highest BCUT2D eigenvalue weighted by Gasteiger charge is 2.39. The summed E-state index contributed by atoms with van der Waals surface area (Å²) in [7, 11) is 0. The van der Waals surface area contributed by atoms with Gasteiger partial charge in [0.2, 0.25) is 5.91 Å². The molecule has 98 valence electrons. The summed E-state index contributed by atoms with van der Waals surface area (Å²) in [6.45, 7) is 2.41. The molecular weight excluding hydrogens is 220 g/mol. The Kier molecular flexibility index (Phi) is 4.93. The normalized spacial score (nSPS) is 19.2. The van der Waals surface area contributed by atoms with Crippen molar-refractivity contribution in [1.29, 1.82) is 0 Å². The molecule has 1 fully saturated rings. The number of carboxylic acid groups (broad SMARTS) is 1. The zero-order valence-corrected chi connectivity index (χ0v) is 10.4. The molecule has 5 nitrogen and oxygen atoms in total. The van der Waals surface area contributed by atoms with Crippen LogP contribution >= 0.6 is 0 Å². The van der Waals surface area contributed by atoms with Gasteiger partial charge in [0, 0.05) is 19.0 Å². The number of carbonyl (C=O) groups excluding carboxylic acids is 1. The van der Waals surface area contributed by atoms with E-state index in [0.29, 0.717) is 13.0 Å². The number of hydrogen-bond acceptors (Lipinski definition) is 3. The van der Waals surface area contributed by atoms with Gasteiger partial charge < -0.3 is 16.2 Å². The largest absolute Gasteiger partial charge is 0.481 e. The highest BCUT2D eigenvalue weighted by Crippen LogP contribution is 2.43. The van der Waals surface area contributed by atoms with Crippen LogP contribution in [0.3, 0.4) is 0 Å². The van der Waals surface area contributed by atoms with Gasteiger partial charge in [-0.2, -0.15) is 0 Å². The maximum absolute atomic E-state index is 11.5. The van der Waals surface area contributed by atoms with Crippen molar-refractivity contribution in [3.05, 3.63) is 0 Å². The molecule has 5 heteroatoms. The third kappa shape index (κ3) is 4.34. The Balaban J connectivity index is 2.32. The Bertz CT molecular complexity index is 287. The lowest BCUT2D eigenvalue weighted by molar-refractivity contribution is -0.141. The summed E-state index contributed by atoms with van der Waals surface area (Å²) in [6.07, 6.45) is 4.07. The topological polar surface area (TPSA) is 92.4 Å². The van der Waals surface area contributed by atoms with Crippen LogP contribution in [0.2, 0.25) is 0 Å². The molecule has 1 amide bonds. The van der Waals surface area contributed by atoms with Crippen LogP contribution in [0.25, 0.3) is 0 Å². The molecular formula is C12H22N2O3. The Labute approximate surface area is 102 Å². The first kappa shape index (κ1) is 14.0. The van der Waals surface area contributed by atoms with Crippen molar-refractivity contribution < 1.29 is 14.7 Å². The molecule has 17 heavy (non-hydrogen) atoms. The number of hydrogen-bond donors (Lipinski definition) is 3. The lowest BCUT2D eigenvalue weighted by Crippen LogP contribution is -2.44. The van der Waals surface area contributed by atoms with E-state index in [1.807, 2.05) is 6.92 Å². The van der Waals surface area contributed by atoms with E-state index in [4.69, 9.17) is 10.8 Å². The molecule has 1 atom stereocenters. The van der Waals surface area contributed by atoms with Gasteiger partial charge >= 0.3 is 5.97 Å². The molecule has 1 aliphatic rings. The fourth-order valence-electron chi connectivity index (χ4n) is 2.15. The van der Waals surface area contributed by atoms with E-state index >= 15 is 0 Å². The van der Waals surface area contributed by atoms with Gasteiger partial charge in [0.1, 0.15) is 0 Å². The lowest BCUT2D eigenvalue weighted by atomic mass is 9.66. The first-order valence-electron chi connectivity index (χ1n) is 6.21. The average Bonchev–Trinajstić information content (AvgIpc) is 2.21. The van der Waals surface area contributed by atoms with Crippen molar-refractivity contribution >= 4 is 11.9 Å². The summed E-state index contributed by atoms with van der Waals surface area (Å²) < 4.78 is 0. The average molecular weight is 242 g/mol. The SMILES string of the molecule is CCC(N)CC(=O)NCC1(CC(=O)O)CCC1. The molecule has 1 unspecified atom stereocenters. The Morgan fingerprint density at radius 2 is 2.12 bits per heavy atom. The minimum absolute atomic E-state index is 0.0731. The number of rotatable bonds is 7. The van der Waals surface area contributed by atoms with Crippen LogP contribution in [0.15, 0.2) is 0 Å². The molecule has 0 spiro atoms. The van der Waals surface area contributed by atoms with Gasteiger partial charge in [-0.15, -0.1) is 0 Å². The van der Waals surface area contributed by atoms with Crippen molar-refractivity contribution in [2.24, 2.45) is 11.1 Å². The number of carboxylic acids is 1. The van der Waals surface area contributed by atoms with Crippen LogP contribution in [-0.2, 0) is 9.59 Å². The highest BCUT2D eigenvalue weighted by molar-refractivity contribution is 5.76. The van der Waals surface area contributed by atoms with Crippen molar-refractivity contribution in [3.63, 3.8) is 0 Å². The molecule has 0 aromatic heterocycles. The quantitative estimate of drug-likeness (QED) is 0.617. The number of carbonyl (C=O) groups is 2. The second-order valence-electron chi connectivity index (χ2n) is 5.07. The van der Waals surface area contributed by atoms with Gasteiger partial charge in [-0.05, 0) is 24.7 Å². The summed E-state index contributed by atoms with van der Waals surface area (Å²) in [6, 6.07) is -0.105. The molecule has 0 heterocycles. The highest BCUT2D eigenvalue weighted by atomic mass is 16.4. The van der Waals surface area contributed by atoms with Crippen molar-refractivity contribution in [1.82, 2.24) is 5.32 Å². The van der Waals surface area contributed by atoms with Crippen LogP contribution in [0.4, 0.5) is 0 Å². The summed E-state index contributed by atoms with van der Waals surface area (Å²) in [5.74, 6) is -0.861. The lowest BCUT2D eigenvalue weighted by Gasteiger charge is -2.40. The number of aliphatic carboxylic acids is 1. The van der Waals surface area contributed by atoms with Crippen LogP contribution in [0.5, 0.6) is 0 Å². The first-order chi connectivity index (χ1) is 7.97. The Morgan fingerprint density at radius 1 is 1.47 bits per heavy atom. The summed E-state index contributed by atoms with van der Waals surface area (Å²) in [4.78, 5) is 22.3. The molecule has 0 aromatic carbocycles. The van der Waals surface area contributed by atoms with Crippen LogP contribution < -0.4 is 11.1 Å². The molecule has 1 rings (SSSR count). The smallest absolute Gasteiger partial charge is 0.303 e. The zero-order chi connectivity index (χ0) is 12.9. The number of nitrogens with two attached hydrogens (primary N) is 1. The summed E-state index contributed by atoms with van der Waals surface area (Å²) in [5.41, 5.74) is 5.47. The second kappa shape index (κ2) is 6.00. The number of nitrogens with one attached hydrogen (secondary N) is 1. The van der Waals surface area contributed by atoms with Crippen LogP contribution in [-0.4, -0.2) is 29.6 Å². The molecule has 0 aliphatic heterocycles. The molecule has 0 bridgehead atoms. The molecule has 0 aromatic rings. The van der Waals surface area contributed by atoms with E-state index in [1.165, 1.54) is 0 Å². The molecule has 1 aliphatic carbocycles. The molecule has 1 saturated carbocycles. The Hall–Kier alpha value is -1.10. The molecule has 0 saturated heterocycles. The van der Waals surface area contributed by atoms with E-state index < -0.39 is 5.97 Å². The summed E-state index contributed by atoms with van der Waals surface area (Å²) >= 11 is 0. The first-order valence-corrected chi connectivity index (χ1v) is 6.21. The maximum Gasteiger partial charge on any atom is 0.303 e. The number of amides is 1. The minimum atomic E-state index is -0.788. The third-order valence-corrected chi connectivity index (χ3v) is 3.57. The van der Waals surface area contributed by atoms with E-state index in [-0.39, 0.29) is 23.8 Å². The van der Waals surface area contributed by atoms with Gasteiger partial charge in [0.15, 0.2) is 0 Å². The van der Waals surface area contributed by atoms with Gasteiger partial charge in [-0.1, -0.05) is 13.3 Å². The zero-order valence-electron chi connectivity index (χ0n) is 10.4. The minimum Gasteiger partial charge on any atom is -0.481 e. The van der Waals surface area contributed by atoms with Gasteiger partial charge in [-0.25, -0.2) is 0 Å². The van der Waals surface area contributed by atoms with Gasteiger partial charge in [-0.3, -0.25) is 9.59 Å². The van der Waals surface area contributed by atoms with Crippen molar-refractivity contribution in [3.8, 4) is 0 Å². The van der Waals surface area contributed by atoms with Crippen molar-refractivity contribution in [2.45, 2.75) is 51.5 Å². The van der Waals surface area contributed by atoms with E-state index in [0.717, 1.165) is 25.7 Å². The summed E-state index contributed by atoms with van der Waals surface area (Å²) in [5, 5.41) is 11.6. The monoisotopic (exact) mass is 242 g/mol. The predicted octanol–water partition coefficient (Wildman–Crippen LogP) is 0.875. The van der Waals surface area contributed by atoms with E-state index in [1.54, 1.807) is 0 Å². The van der Waals surface area contributed by atoms with Crippen LogP contribution in [0.1, 0.15) is 45.4 Å². The fourth-order valence-corrected chi connectivity index (χ4v) is 2.15. The van der Waals surface area contributed by atoms with E-state index in [9.17, 15) is 9.59 Å². The van der Waals surface area contributed by atoms with Crippen LogP contribution in [0, 0.1) is 5.41 Å². The molecule has 4 N–H and O–H groups in total. The maximum atomic E-state index is 11.5. The van der Waals surface area contributed by atoms with Crippen molar-refractivity contribution in [2.75, 3.05) is 6.54 Å². The predicted molar refractivity (Wildman–Crippen MR) is 64.4 cm³/mol. The van der Waals surface area contributed by atoms with Gasteiger partial charge in [0.25, 0.3) is 0 Å².